The molecule has 0 aliphatic carbocycles. The monoisotopic (exact) mass is 610 g/mol. The Labute approximate surface area is 269 Å². The first-order valence-corrected chi connectivity index (χ1v) is 17.1. The molecule has 5 heteroatoms. The molecule has 0 amide bonds. The minimum Gasteiger partial charge on any atom is -0.462 e. The van der Waals surface area contributed by atoms with Crippen molar-refractivity contribution in [3.05, 3.63) is 85.1 Å². The number of allylic oxidation sites excluding steroid dienone is 14. The molecule has 1 atom stereocenters. The van der Waals surface area contributed by atoms with Crippen LogP contribution in [-0.2, 0) is 19.1 Å². The van der Waals surface area contributed by atoms with Crippen molar-refractivity contribution in [3.8, 4) is 0 Å². The Balaban J connectivity index is 3.77. The highest BCUT2D eigenvalue weighted by atomic mass is 16.6. The van der Waals surface area contributed by atoms with Crippen molar-refractivity contribution in [2.75, 3.05) is 13.2 Å². The zero-order valence-corrected chi connectivity index (χ0v) is 27.9. The summed E-state index contributed by atoms with van der Waals surface area (Å²) in [5, 5.41) is 9.50. The zero-order chi connectivity index (χ0) is 32.2. The molecule has 0 saturated carbocycles. The molecule has 0 aliphatic heterocycles. The highest BCUT2D eigenvalue weighted by molar-refractivity contribution is 5.70. The molecular weight excluding hydrogens is 548 g/mol. The topological polar surface area (TPSA) is 72.8 Å². The Morgan fingerprint density at radius 1 is 0.545 bits per heavy atom. The van der Waals surface area contributed by atoms with Crippen LogP contribution in [0.2, 0.25) is 0 Å². The van der Waals surface area contributed by atoms with Crippen molar-refractivity contribution in [3.63, 3.8) is 0 Å². The minimum absolute atomic E-state index is 0.108. The maximum atomic E-state index is 12.1. The van der Waals surface area contributed by atoms with Gasteiger partial charge in [-0.25, -0.2) is 0 Å². The predicted molar refractivity (Wildman–Crippen MR) is 186 cm³/mol. The number of aliphatic hydroxyl groups excluding tert-OH is 1. The third-order valence-corrected chi connectivity index (χ3v) is 6.67. The van der Waals surface area contributed by atoms with Gasteiger partial charge in [-0.15, -0.1) is 0 Å². The molecule has 0 unspecified atom stereocenters. The fraction of sp³-hybridized carbons (Fsp3) is 0.590. The molecule has 0 aromatic rings. The maximum absolute atomic E-state index is 12.1. The van der Waals surface area contributed by atoms with E-state index in [-0.39, 0.29) is 31.6 Å². The van der Waals surface area contributed by atoms with Crippen LogP contribution in [0.25, 0.3) is 0 Å². The number of hydrogen-bond donors (Lipinski definition) is 1. The minimum atomic E-state index is -0.812. The Kier molecular flexibility index (Phi) is 32.3. The van der Waals surface area contributed by atoms with E-state index >= 15 is 0 Å². The highest BCUT2D eigenvalue weighted by Gasteiger charge is 2.15. The smallest absolute Gasteiger partial charge is 0.306 e. The average molecular weight is 611 g/mol. The number of ether oxygens (including phenoxy) is 2. The average Bonchev–Trinajstić information content (AvgIpc) is 3.02. The molecule has 0 fully saturated rings. The molecule has 0 radical (unpaired) electrons. The molecule has 44 heavy (non-hydrogen) atoms. The van der Waals surface area contributed by atoms with Gasteiger partial charge in [-0.2, -0.15) is 0 Å². The van der Waals surface area contributed by atoms with Crippen molar-refractivity contribution >= 4 is 11.9 Å². The van der Waals surface area contributed by atoms with E-state index in [0.717, 1.165) is 77.0 Å². The number of carbonyl (C=O) groups excluding carboxylic acids is 2. The molecule has 0 aliphatic rings. The van der Waals surface area contributed by atoms with Gasteiger partial charge >= 0.3 is 11.9 Å². The normalized spacial score (nSPS) is 13.2. The number of unbranched alkanes of at least 4 members (excludes halogenated alkanes) is 7. The Bertz CT molecular complexity index is 875. The van der Waals surface area contributed by atoms with Gasteiger partial charge in [0.15, 0.2) is 6.10 Å². The summed E-state index contributed by atoms with van der Waals surface area (Å²) in [6, 6.07) is 0. The van der Waals surface area contributed by atoms with E-state index < -0.39 is 6.10 Å². The van der Waals surface area contributed by atoms with E-state index in [0.29, 0.717) is 6.42 Å². The lowest BCUT2D eigenvalue weighted by Gasteiger charge is -2.15. The SMILES string of the molecule is CC/C=C\C/C=C\C/C=C\C/C=C\CCCCC(=O)O[C@@H](CO)COC(=O)CCCC/C=C\C/C=C\C/C=C\CCCCC. The largest absolute Gasteiger partial charge is 0.462 e. The lowest BCUT2D eigenvalue weighted by molar-refractivity contribution is -0.161. The fourth-order valence-corrected chi connectivity index (χ4v) is 4.08. The summed E-state index contributed by atoms with van der Waals surface area (Å²) in [7, 11) is 0. The number of hydrogen-bond acceptors (Lipinski definition) is 5. The van der Waals surface area contributed by atoms with Gasteiger partial charge in [-0.3, -0.25) is 9.59 Å². The van der Waals surface area contributed by atoms with Crippen molar-refractivity contribution in [2.24, 2.45) is 0 Å². The van der Waals surface area contributed by atoms with E-state index in [1.807, 2.05) is 0 Å². The summed E-state index contributed by atoms with van der Waals surface area (Å²) >= 11 is 0. The van der Waals surface area contributed by atoms with Crippen LogP contribution in [0.15, 0.2) is 85.1 Å². The second-order valence-electron chi connectivity index (χ2n) is 10.9. The maximum Gasteiger partial charge on any atom is 0.306 e. The molecule has 0 saturated heterocycles. The van der Waals surface area contributed by atoms with Crippen LogP contribution >= 0.6 is 0 Å². The lowest BCUT2D eigenvalue weighted by Crippen LogP contribution is -2.28. The second kappa shape index (κ2) is 34.6. The molecule has 0 aromatic carbocycles. The molecule has 248 valence electrons. The summed E-state index contributed by atoms with van der Waals surface area (Å²) in [6.45, 7) is 3.89. The van der Waals surface area contributed by atoms with E-state index in [2.05, 4.69) is 98.9 Å². The van der Waals surface area contributed by atoms with Gasteiger partial charge in [0.1, 0.15) is 6.61 Å². The lowest BCUT2D eigenvalue weighted by atomic mass is 10.1. The zero-order valence-electron chi connectivity index (χ0n) is 27.9. The molecule has 0 heterocycles. The molecule has 0 spiro atoms. The van der Waals surface area contributed by atoms with Crippen LogP contribution in [0.5, 0.6) is 0 Å². The number of carbonyl (C=O) groups is 2. The molecular formula is C39H62O5. The van der Waals surface area contributed by atoms with E-state index in [4.69, 9.17) is 9.47 Å². The van der Waals surface area contributed by atoms with E-state index in [9.17, 15) is 14.7 Å². The van der Waals surface area contributed by atoms with Crippen LogP contribution in [0.4, 0.5) is 0 Å². The molecule has 0 bridgehead atoms. The van der Waals surface area contributed by atoms with Gasteiger partial charge < -0.3 is 14.6 Å². The summed E-state index contributed by atoms with van der Waals surface area (Å²) in [4.78, 5) is 24.1. The predicted octanol–water partition coefficient (Wildman–Crippen LogP) is 10.4. The van der Waals surface area contributed by atoms with Gasteiger partial charge in [-0.1, -0.05) is 112 Å². The molecule has 1 N–H and O–H groups in total. The van der Waals surface area contributed by atoms with Crippen LogP contribution in [0, 0.1) is 0 Å². The quantitative estimate of drug-likeness (QED) is 0.0518. The first-order valence-electron chi connectivity index (χ1n) is 17.1. The first kappa shape index (κ1) is 41.1. The summed E-state index contributed by atoms with van der Waals surface area (Å²) < 4.78 is 10.5. The van der Waals surface area contributed by atoms with E-state index in [1.54, 1.807) is 0 Å². The number of esters is 2. The third kappa shape index (κ3) is 32.0. The van der Waals surface area contributed by atoms with Crippen molar-refractivity contribution < 1.29 is 24.2 Å². The Morgan fingerprint density at radius 3 is 1.39 bits per heavy atom. The summed E-state index contributed by atoms with van der Waals surface area (Å²) in [5.41, 5.74) is 0. The van der Waals surface area contributed by atoms with Gasteiger partial charge in [-0.05, 0) is 89.9 Å². The molecule has 5 nitrogen and oxygen atoms in total. The van der Waals surface area contributed by atoms with Gasteiger partial charge in [0.2, 0.25) is 0 Å². The van der Waals surface area contributed by atoms with Crippen molar-refractivity contribution in [1.29, 1.82) is 0 Å². The van der Waals surface area contributed by atoms with Gasteiger partial charge in [0.05, 0.1) is 6.61 Å². The number of rotatable bonds is 29. The van der Waals surface area contributed by atoms with Crippen LogP contribution < -0.4 is 0 Å². The molecule has 0 rings (SSSR count). The standard InChI is InChI=1S/C39H62O5/c1-3-5-7-9-11-13-15-17-19-21-23-25-27-29-31-33-38(41)43-36-37(35-40)44-39(42)34-32-30-28-26-24-22-20-18-16-14-12-10-8-6-4-2/h6,8,11-14,17-20,23-26,37,40H,3-5,7,9-10,15-16,21-22,27-36H2,1-2H3/b8-6-,13-11-,14-12-,19-17-,20-18-,25-23-,26-24-/t37-/m0/s1. The fourth-order valence-electron chi connectivity index (χ4n) is 4.08. The van der Waals surface area contributed by atoms with Crippen LogP contribution in [0.1, 0.15) is 129 Å². The van der Waals surface area contributed by atoms with E-state index in [1.165, 1.54) is 25.7 Å². The number of aliphatic hydroxyl groups is 1. The summed E-state index contributed by atoms with van der Waals surface area (Å²) in [5.74, 6) is -0.696. The van der Waals surface area contributed by atoms with Gasteiger partial charge in [0, 0.05) is 12.8 Å². The summed E-state index contributed by atoms with van der Waals surface area (Å²) in [6.07, 6.45) is 46.4. The third-order valence-electron chi connectivity index (χ3n) is 6.67. The first-order chi connectivity index (χ1) is 21.6. The Hall–Kier alpha value is -2.92. The Morgan fingerprint density at radius 2 is 0.955 bits per heavy atom. The van der Waals surface area contributed by atoms with Crippen molar-refractivity contribution in [1.82, 2.24) is 0 Å². The van der Waals surface area contributed by atoms with Crippen LogP contribution in [-0.4, -0.2) is 36.4 Å². The van der Waals surface area contributed by atoms with Gasteiger partial charge in [0.25, 0.3) is 0 Å². The van der Waals surface area contributed by atoms with Crippen molar-refractivity contribution in [2.45, 2.75) is 136 Å². The highest BCUT2D eigenvalue weighted by Crippen LogP contribution is 2.07. The second-order valence-corrected chi connectivity index (χ2v) is 10.9. The van der Waals surface area contributed by atoms with Crippen LogP contribution in [0.3, 0.4) is 0 Å². The molecule has 0 aromatic heterocycles.